The van der Waals surface area contributed by atoms with Crippen molar-refractivity contribution in [3.63, 3.8) is 0 Å². The summed E-state index contributed by atoms with van der Waals surface area (Å²) < 4.78 is 0. The molecule has 3 aromatic rings. The van der Waals surface area contributed by atoms with E-state index >= 15 is 0 Å². The fourth-order valence-corrected chi connectivity index (χ4v) is 2.79. The van der Waals surface area contributed by atoms with Gasteiger partial charge in [0.2, 0.25) is 5.95 Å². The van der Waals surface area contributed by atoms with Gasteiger partial charge in [-0.3, -0.25) is 0 Å². The van der Waals surface area contributed by atoms with E-state index in [-0.39, 0.29) is 0 Å². The van der Waals surface area contributed by atoms with Gasteiger partial charge in [0.05, 0.1) is 6.20 Å². The molecule has 3 rings (SSSR count). The monoisotopic (exact) mass is 373 g/mol. The summed E-state index contributed by atoms with van der Waals surface area (Å²) in [5.74, 6) is 1.09. The minimum atomic E-state index is 0.471. The molecule has 0 aliphatic heterocycles. The van der Waals surface area contributed by atoms with Crippen LogP contribution < -0.4 is 10.6 Å². The second kappa shape index (κ2) is 8.14. The van der Waals surface area contributed by atoms with Crippen molar-refractivity contribution in [1.82, 2.24) is 15.2 Å². The molecule has 0 amide bonds. The number of nitrogens with one attached hydrogen (secondary N) is 2. The van der Waals surface area contributed by atoms with E-state index in [2.05, 4.69) is 25.8 Å². The molecular formula is C18H17Cl2N5. The molecular weight excluding hydrogens is 357 g/mol. The minimum Gasteiger partial charge on any atom is -0.353 e. The Morgan fingerprint density at radius 1 is 1.04 bits per heavy atom. The van der Waals surface area contributed by atoms with Gasteiger partial charge in [-0.1, -0.05) is 35.3 Å². The molecule has 0 bridgehead atoms. The predicted octanol–water partition coefficient (Wildman–Crippen LogP) is 4.89. The Morgan fingerprint density at radius 2 is 1.88 bits per heavy atom. The lowest BCUT2D eigenvalue weighted by molar-refractivity contribution is 0.929. The van der Waals surface area contributed by atoms with E-state index in [1.165, 1.54) is 0 Å². The smallest absolute Gasteiger partial charge is 0.244 e. The zero-order chi connectivity index (χ0) is 17.6. The highest BCUT2D eigenvalue weighted by atomic mass is 35.5. The summed E-state index contributed by atoms with van der Waals surface area (Å²) in [6.07, 6.45) is 2.40. The zero-order valence-electron chi connectivity index (χ0n) is 13.6. The van der Waals surface area contributed by atoms with Gasteiger partial charge in [-0.2, -0.15) is 10.1 Å². The third-order valence-corrected chi connectivity index (χ3v) is 4.07. The summed E-state index contributed by atoms with van der Waals surface area (Å²) in [6.45, 7) is 2.67. The van der Waals surface area contributed by atoms with Crippen molar-refractivity contribution in [2.75, 3.05) is 17.2 Å². The van der Waals surface area contributed by atoms with Crippen LogP contribution in [0.3, 0.4) is 0 Å². The first-order chi connectivity index (χ1) is 12.1. The molecule has 0 atom stereocenters. The standard InChI is InChI=1S/C18H17Cl2N5/c1-12-9-15(20)5-6-16(12)23-17-11-22-25-18(24-17)21-8-7-13-3-2-4-14(19)10-13/h2-6,9-11H,7-8H2,1H3,(H2,21,23,24,25). The summed E-state index contributed by atoms with van der Waals surface area (Å²) in [6, 6.07) is 13.4. The predicted molar refractivity (Wildman–Crippen MR) is 103 cm³/mol. The van der Waals surface area contributed by atoms with Gasteiger partial charge in [-0.15, -0.1) is 5.10 Å². The summed E-state index contributed by atoms with van der Waals surface area (Å²) in [5, 5.41) is 15.8. The second-order valence-corrected chi connectivity index (χ2v) is 6.43. The fraction of sp³-hybridized carbons (Fsp3) is 0.167. The van der Waals surface area contributed by atoms with Crippen LogP contribution >= 0.6 is 23.2 Å². The van der Waals surface area contributed by atoms with Gasteiger partial charge >= 0.3 is 0 Å². The van der Waals surface area contributed by atoms with E-state index in [4.69, 9.17) is 23.2 Å². The average molecular weight is 374 g/mol. The molecule has 0 aliphatic carbocycles. The average Bonchev–Trinajstić information content (AvgIpc) is 2.58. The summed E-state index contributed by atoms with van der Waals surface area (Å²) in [5.41, 5.74) is 3.11. The first kappa shape index (κ1) is 17.5. The molecule has 0 aliphatic rings. The molecule has 2 N–H and O–H groups in total. The van der Waals surface area contributed by atoms with Crippen LogP contribution in [0.4, 0.5) is 17.5 Å². The maximum Gasteiger partial charge on any atom is 0.244 e. The van der Waals surface area contributed by atoms with Crippen LogP contribution in [0.15, 0.2) is 48.7 Å². The number of hydrogen-bond acceptors (Lipinski definition) is 5. The molecule has 0 unspecified atom stereocenters. The van der Waals surface area contributed by atoms with E-state index < -0.39 is 0 Å². The third kappa shape index (κ3) is 5.05. The van der Waals surface area contributed by atoms with Crippen molar-refractivity contribution in [2.24, 2.45) is 0 Å². The normalized spacial score (nSPS) is 10.5. The van der Waals surface area contributed by atoms with Crippen molar-refractivity contribution in [3.8, 4) is 0 Å². The van der Waals surface area contributed by atoms with Crippen molar-refractivity contribution in [2.45, 2.75) is 13.3 Å². The largest absolute Gasteiger partial charge is 0.353 e. The molecule has 25 heavy (non-hydrogen) atoms. The summed E-state index contributed by atoms with van der Waals surface area (Å²) in [7, 11) is 0. The van der Waals surface area contributed by atoms with Crippen LogP contribution in [0.5, 0.6) is 0 Å². The molecule has 0 spiro atoms. The molecule has 0 radical (unpaired) electrons. The number of benzene rings is 2. The minimum absolute atomic E-state index is 0.471. The van der Waals surface area contributed by atoms with Crippen LogP contribution in [-0.4, -0.2) is 21.7 Å². The molecule has 0 saturated heterocycles. The van der Waals surface area contributed by atoms with Gasteiger partial charge in [-0.25, -0.2) is 0 Å². The first-order valence-electron chi connectivity index (χ1n) is 7.81. The van der Waals surface area contributed by atoms with Gasteiger partial charge in [0.1, 0.15) is 0 Å². The molecule has 1 heterocycles. The van der Waals surface area contributed by atoms with Crippen molar-refractivity contribution in [1.29, 1.82) is 0 Å². The molecule has 5 nitrogen and oxygen atoms in total. The second-order valence-electron chi connectivity index (χ2n) is 5.56. The Kier molecular flexibility index (Phi) is 5.68. The number of anilines is 3. The van der Waals surface area contributed by atoms with E-state index in [1.807, 2.05) is 49.4 Å². The highest BCUT2D eigenvalue weighted by Crippen LogP contribution is 2.22. The third-order valence-electron chi connectivity index (χ3n) is 3.60. The number of halogens is 2. The van der Waals surface area contributed by atoms with Crippen molar-refractivity contribution < 1.29 is 0 Å². The molecule has 0 saturated carbocycles. The van der Waals surface area contributed by atoms with Crippen LogP contribution in [-0.2, 0) is 6.42 Å². The fourth-order valence-electron chi connectivity index (χ4n) is 2.36. The number of hydrogen-bond donors (Lipinski definition) is 2. The molecule has 2 aromatic carbocycles. The Balaban J connectivity index is 1.61. The Morgan fingerprint density at radius 3 is 2.68 bits per heavy atom. The van der Waals surface area contributed by atoms with Crippen LogP contribution in [0, 0.1) is 6.92 Å². The Hall–Kier alpha value is -2.37. The number of nitrogens with zero attached hydrogens (tertiary/aromatic N) is 3. The zero-order valence-corrected chi connectivity index (χ0v) is 15.1. The lowest BCUT2D eigenvalue weighted by Gasteiger charge is -2.10. The Labute approximate surface area is 156 Å². The van der Waals surface area contributed by atoms with E-state index in [0.717, 1.165) is 28.3 Å². The number of aryl methyl sites for hydroxylation is 1. The van der Waals surface area contributed by atoms with Crippen LogP contribution in [0.1, 0.15) is 11.1 Å². The molecule has 128 valence electrons. The summed E-state index contributed by atoms with van der Waals surface area (Å²) in [4.78, 5) is 4.43. The lowest BCUT2D eigenvalue weighted by atomic mass is 10.1. The van der Waals surface area contributed by atoms with E-state index in [1.54, 1.807) is 6.20 Å². The van der Waals surface area contributed by atoms with Gasteiger partial charge in [-0.05, 0) is 54.8 Å². The summed E-state index contributed by atoms with van der Waals surface area (Å²) >= 11 is 12.0. The van der Waals surface area contributed by atoms with Gasteiger partial charge < -0.3 is 10.6 Å². The number of rotatable bonds is 6. The highest BCUT2D eigenvalue weighted by molar-refractivity contribution is 6.31. The SMILES string of the molecule is Cc1cc(Cl)ccc1Nc1cnnc(NCCc2cccc(Cl)c2)n1. The molecule has 7 heteroatoms. The topological polar surface area (TPSA) is 62.7 Å². The quantitative estimate of drug-likeness (QED) is 0.644. The highest BCUT2D eigenvalue weighted by Gasteiger charge is 2.04. The number of aromatic nitrogens is 3. The van der Waals surface area contributed by atoms with Gasteiger partial charge in [0, 0.05) is 22.3 Å². The van der Waals surface area contributed by atoms with E-state index in [0.29, 0.717) is 23.3 Å². The first-order valence-corrected chi connectivity index (χ1v) is 8.57. The van der Waals surface area contributed by atoms with Crippen molar-refractivity contribution in [3.05, 3.63) is 69.8 Å². The van der Waals surface area contributed by atoms with Crippen LogP contribution in [0.2, 0.25) is 10.0 Å². The maximum atomic E-state index is 5.99. The van der Waals surface area contributed by atoms with Gasteiger partial charge in [0.25, 0.3) is 0 Å². The molecule has 0 fully saturated rings. The lowest BCUT2D eigenvalue weighted by Crippen LogP contribution is -2.09. The van der Waals surface area contributed by atoms with Crippen molar-refractivity contribution >= 4 is 40.7 Å². The van der Waals surface area contributed by atoms with E-state index in [9.17, 15) is 0 Å². The van der Waals surface area contributed by atoms with Gasteiger partial charge in [0.15, 0.2) is 5.82 Å². The molecule has 1 aromatic heterocycles. The maximum absolute atomic E-state index is 5.99. The van der Waals surface area contributed by atoms with Crippen LogP contribution in [0.25, 0.3) is 0 Å². The Bertz CT molecular complexity index is 870.